The second kappa shape index (κ2) is 3.69. The van der Waals surface area contributed by atoms with Crippen LogP contribution in [0.5, 0.6) is 0 Å². The van der Waals surface area contributed by atoms with Gasteiger partial charge in [0.1, 0.15) is 5.92 Å². The number of carbonyl (C=O) groups is 1. The summed E-state index contributed by atoms with van der Waals surface area (Å²) in [6.07, 6.45) is 0.669. The number of nitrogens with one attached hydrogen (secondary N) is 1. The minimum atomic E-state index is -3.02. The van der Waals surface area contributed by atoms with Crippen molar-refractivity contribution in [2.24, 2.45) is 5.92 Å². The Morgan fingerprint density at radius 3 is 2.56 bits per heavy atom. The van der Waals surface area contributed by atoms with Gasteiger partial charge in [-0.15, -0.1) is 0 Å². The molecule has 1 aliphatic heterocycles. The van der Waals surface area contributed by atoms with E-state index in [1.165, 1.54) is 0 Å². The van der Waals surface area contributed by atoms with Gasteiger partial charge in [0, 0.05) is 17.4 Å². The number of nitrogens with zero attached hydrogens (tertiary/aromatic N) is 1. The molecule has 2 aliphatic rings. The lowest BCUT2D eigenvalue weighted by Gasteiger charge is -2.09. The molecule has 2 fully saturated rings. The Morgan fingerprint density at radius 2 is 2.12 bits per heavy atom. The third kappa shape index (κ3) is 2.31. The molecular formula is C8H12N2O5S. The van der Waals surface area contributed by atoms with Crippen molar-refractivity contribution in [2.75, 3.05) is 11.5 Å². The van der Waals surface area contributed by atoms with E-state index in [2.05, 4.69) is 5.32 Å². The summed E-state index contributed by atoms with van der Waals surface area (Å²) in [4.78, 5) is 21.4. The molecular weight excluding hydrogens is 236 g/mol. The SMILES string of the molecule is O=C(NC1CCS(=O)(=O)C1)C1CC1[N+](=O)[O-]. The molecule has 7 nitrogen and oxygen atoms in total. The molecule has 2 rings (SSSR count). The fourth-order valence-corrected chi connectivity index (χ4v) is 3.59. The normalized spacial score (nSPS) is 35.6. The molecule has 3 atom stereocenters. The summed E-state index contributed by atoms with van der Waals surface area (Å²) in [5.41, 5.74) is 0. The number of amides is 1. The summed E-state index contributed by atoms with van der Waals surface area (Å²) in [6, 6.07) is -1.15. The Morgan fingerprint density at radius 1 is 1.44 bits per heavy atom. The van der Waals surface area contributed by atoms with Crippen LogP contribution in [0.4, 0.5) is 0 Å². The second-order valence-electron chi connectivity index (χ2n) is 4.30. The second-order valence-corrected chi connectivity index (χ2v) is 6.53. The Labute approximate surface area is 92.3 Å². The molecule has 16 heavy (non-hydrogen) atoms. The van der Waals surface area contributed by atoms with Gasteiger partial charge in [0.05, 0.1) is 11.5 Å². The maximum absolute atomic E-state index is 11.5. The first-order valence-corrected chi connectivity index (χ1v) is 6.85. The van der Waals surface area contributed by atoms with Crippen molar-refractivity contribution in [3.8, 4) is 0 Å². The monoisotopic (exact) mass is 248 g/mol. The van der Waals surface area contributed by atoms with Crippen LogP contribution in [-0.2, 0) is 14.6 Å². The fraction of sp³-hybridized carbons (Fsp3) is 0.875. The maximum Gasteiger partial charge on any atom is 0.230 e. The van der Waals surface area contributed by atoms with E-state index in [1.54, 1.807) is 0 Å². The third-order valence-electron chi connectivity index (χ3n) is 2.94. The van der Waals surface area contributed by atoms with Crippen LogP contribution in [-0.4, -0.2) is 42.8 Å². The predicted molar refractivity (Wildman–Crippen MR) is 54.1 cm³/mol. The fourth-order valence-electron chi connectivity index (χ4n) is 1.91. The molecule has 1 heterocycles. The van der Waals surface area contributed by atoms with E-state index in [9.17, 15) is 23.3 Å². The first-order valence-electron chi connectivity index (χ1n) is 5.03. The lowest BCUT2D eigenvalue weighted by atomic mass is 10.2. The van der Waals surface area contributed by atoms with Crippen LogP contribution in [0, 0.1) is 16.0 Å². The lowest BCUT2D eigenvalue weighted by molar-refractivity contribution is -0.497. The van der Waals surface area contributed by atoms with Crippen LogP contribution in [0.1, 0.15) is 12.8 Å². The summed E-state index contributed by atoms with van der Waals surface area (Å²) in [5.74, 6) is -0.919. The Hall–Kier alpha value is -1.18. The minimum Gasteiger partial charge on any atom is -0.352 e. The zero-order valence-electron chi connectivity index (χ0n) is 8.46. The van der Waals surface area contributed by atoms with E-state index in [1.807, 2.05) is 0 Å². The van der Waals surface area contributed by atoms with Crippen LogP contribution in [0.25, 0.3) is 0 Å². The maximum atomic E-state index is 11.5. The van der Waals surface area contributed by atoms with Gasteiger partial charge in [-0.3, -0.25) is 14.9 Å². The average Bonchev–Trinajstić information content (AvgIpc) is 2.87. The number of sulfone groups is 1. The zero-order valence-corrected chi connectivity index (χ0v) is 9.27. The molecule has 1 saturated heterocycles. The first kappa shape index (κ1) is 11.3. The summed E-state index contributed by atoms with van der Waals surface area (Å²) in [7, 11) is -3.02. The van der Waals surface area contributed by atoms with E-state index in [4.69, 9.17) is 0 Å². The van der Waals surface area contributed by atoms with Gasteiger partial charge in [-0.2, -0.15) is 0 Å². The molecule has 0 aromatic carbocycles. The van der Waals surface area contributed by atoms with Gasteiger partial charge in [-0.25, -0.2) is 8.42 Å². The Bertz CT molecular complexity index is 432. The molecule has 1 saturated carbocycles. The number of rotatable bonds is 3. The molecule has 8 heteroatoms. The Kier molecular flexibility index (Phi) is 2.61. The topological polar surface area (TPSA) is 106 Å². The van der Waals surface area contributed by atoms with Crippen LogP contribution >= 0.6 is 0 Å². The van der Waals surface area contributed by atoms with Crippen molar-refractivity contribution < 1.29 is 18.1 Å². The minimum absolute atomic E-state index is 0.0470. The van der Waals surface area contributed by atoms with Crippen molar-refractivity contribution in [1.29, 1.82) is 0 Å². The summed E-state index contributed by atoms with van der Waals surface area (Å²) in [5, 5.41) is 12.9. The van der Waals surface area contributed by atoms with E-state index in [0.717, 1.165) is 0 Å². The molecule has 1 amide bonds. The Balaban J connectivity index is 1.84. The summed E-state index contributed by atoms with van der Waals surface area (Å²) < 4.78 is 22.2. The van der Waals surface area contributed by atoms with Crippen LogP contribution in [0.15, 0.2) is 0 Å². The highest BCUT2D eigenvalue weighted by molar-refractivity contribution is 7.91. The first-order chi connectivity index (χ1) is 7.39. The third-order valence-corrected chi connectivity index (χ3v) is 4.71. The molecule has 0 aromatic rings. The van der Waals surface area contributed by atoms with Gasteiger partial charge in [0.15, 0.2) is 9.84 Å². The molecule has 0 aromatic heterocycles. The number of nitro groups is 1. The van der Waals surface area contributed by atoms with Crippen molar-refractivity contribution >= 4 is 15.7 Å². The molecule has 1 N–H and O–H groups in total. The number of hydrogen-bond donors (Lipinski definition) is 1. The largest absolute Gasteiger partial charge is 0.352 e. The van der Waals surface area contributed by atoms with Gasteiger partial charge in [0.25, 0.3) is 0 Å². The van der Waals surface area contributed by atoms with Gasteiger partial charge in [-0.05, 0) is 6.42 Å². The van der Waals surface area contributed by atoms with Crippen LogP contribution in [0.2, 0.25) is 0 Å². The van der Waals surface area contributed by atoms with Gasteiger partial charge in [0.2, 0.25) is 11.9 Å². The van der Waals surface area contributed by atoms with Crippen molar-refractivity contribution in [2.45, 2.75) is 24.9 Å². The summed E-state index contributed by atoms with van der Waals surface area (Å²) in [6.45, 7) is 0. The highest BCUT2D eigenvalue weighted by Gasteiger charge is 2.53. The number of hydrogen-bond acceptors (Lipinski definition) is 5. The lowest BCUT2D eigenvalue weighted by Crippen LogP contribution is -2.37. The average molecular weight is 248 g/mol. The van der Waals surface area contributed by atoms with E-state index >= 15 is 0 Å². The van der Waals surface area contributed by atoms with Crippen molar-refractivity contribution in [1.82, 2.24) is 5.32 Å². The predicted octanol–water partition coefficient (Wildman–Crippen LogP) is -1.05. The summed E-state index contributed by atoms with van der Waals surface area (Å²) >= 11 is 0. The van der Waals surface area contributed by atoms with E-state index < -0.39 is 26.7 Å². The highest BCUT2D eigenvalue weighted by atomic mass is 32.2. The van der Waals surface area contributed by atoms with E-state index in [0.29, 0.717) is 6.42 Å². The number of carbonyl (C=O) groups excluding carboxylic acids is 1. The smallest absolute Gasteiger partial charge is 0.230 e. The van der Waals surface area contributed by atoms with Crippen molar-refractivity contribution in [3.63, 3.8) is 0 Å². The quantitative estimate of drug-likeness (QED) is 0.507. The van der Waals surface area contributed by atoms with Crippen LogP contribution < -0.4 is 5.32 Å². The molecule has 1 aliphatic carbocycles. The molecule has 0 bridgehead atoms. The van der Waals surface area contributed by atoms with Crippen LogP contribution in [0.3, 0.4) is 0 Å². The molecule has 0 radical (unpaired) electrons. The van der Waals surface area contributed by atoms with E-state index in [-0.39, 0.29) is 29.9 Å². The molecule has 0 spiro atoms. The van der Waals surface area contributed by atoms with Gasteiger partial charge < -0.3 is 5.32 Å². The standard InChI is InChI=1S/C8H12N2O5S/c11-8(6-3-7(6)10(12)13)9-5-1-2-16(14,15)4-5/h5-7H,1-4H2,(H,9,11). The highest BCUT2D eigenvalue weighted by Crippen LogP contribution is 2.33. The van der Waals surface area contributed by atoms with Crippen molar-refractivity contribution in [3.05, 3.63) is 10.1 Å². The van der Waals surface area contributed by atoms with Gasteiger partial charge >= 0.3 is 0 Å². The van der Waals surface area contributed by atoms with Gasteiger partial charge in [-0.1, -0.05) is 0 Å². The zero-order chi connectivity index (χ0) is 11.9. The molecule has 90 valence electrons. The molecule has 3 unspecified atom stereocenters.